The molecule has 2 aromatic carbocycles. The predicted molar refractivity (Wildman–Crippen MR) is 146 cm³/mol. The Morgan fingerprint density at radius 1 is 1.08 bits per heavy atom. The van der Waals surface area contributed by atoms with Crippen LogP contribution in [0.15, 0.2) is 53.7 Å². The maximum atomic E-state index is 12.9. The van der Waals surface area contributed by atoms with E-state index in [1.54, 1.807) is 24.3 Å². The molecule has 38 heavy (non-hydrogen) atoms. The van der Waals surface area contributed by atoms with Gasteiger partial charge in [0.15, 0.2) is 5.16 Å². The van der Waals surface area contributed by atoms with E-state index in [0.717, 1.165) is 0 Å². The van der Waals surface area contributed by atoms with Gasteiger partial charge in [0.25, 0.3) is 11.6 Å². The van der Waals surface area contributed by atoms with Crippen LogP contribution in [0, 0.1) is 10.1 Å². The van der Waals surface area contributed by atoms with Crippen molar-refractivity contribution in [3.8, 4) is 22.8 Å². The molecule has 0 aliphatic rings. The third kappa shape index (κ3) is 6.01. The van der Waals surface area contributed by atoms with Crippen molar-refractivity contribution < 1.29 is 24.0 Å². The lowest BCUT2D eigenvalue weighted by molar-refractivity contribution is -0.384. The van der Waals surface area contributed by atoms with Gasteiger partial charge in [-0.15, -0.1) is 11.3 Å². The number of fused-ring (bicyclic) bond motifs is 1. The monoisotopic (exact) mass is 553 g/mol. The van der Waals surface area contributed by atoms with E-state index in [0.29, 0.717) is 31.5 Å². The molecule has 3 N–H and O–H groups in total. The van der Waals surface area contributed by atoms with Gasteiger partial charge < -0.3 is 20.5 Å². The number of nitrogens with one attached hydrogen (secondary N) is 1. The second-order valence-electron chi connectivity index (χ2n) is 9.02. The summed E-state index contributed by atoms with van der Waals surface area (Å²) in [6.07, 6.45) is 0.813. The number of nitrogens with zero attached hydrogens (tertiary/aromatic N) is 3. The number of rotatable bonds is 6. The number of nitro groups is 1. The number of nitrogen functional groups attached to an aromatic ring is 1. The van der Waals surface area contributed by atoms with Crippen molar-refractivity contribution in [3.63, 3.8) is 0 Å². The molecule has 0 unspecified atom stereocenters. The fourth-order valence-electron chi connectivity index (χ4n) is 3.42. The molecule has 4 aromatic rings. The molecule has 2 heterocycles. The Bertz CT molecular complexity index is 1550. The van der Waals surface area contributed by atoms with E-state index in [1.807, 2.05) is 27.0 Å². The summed E-state index contributed by atoms with van der Waals surface area (Å²) in [7, 11) is 0. The number of hydrogen-bond donors (Lipinski definition) is 2. The third-order valence-corrected chi connectivity index (χ3v) is 6.65. The number of non-ortho nitro benzene ring substituents is 1. The number of thioether (sulfide) groups is 1. The number of hydrogen-bond acceptors (Lipinski definition) is 11. The van der Waals surface area contributed by atoms with Crippen LogP contribution < -0.4 is 20.5 Å². The van der Waals surface area contributed by atoms with Gasteiger partial charge in [-0.05, 0) is 51.3 Å². The molecule has 11 nitrogen and oxygen atoms in total. The van der Waals surface area contributed by atoms with Gasteiger partial charge in [-0.1, -0.05) is 23.9 Å². The van der Waals surface area contributed by atoms with E-state index in [2.05, 4.69) is 15.3 Å². The van der Waals surface area contributed by atoms with Crippen LogP contribution in [0.3, 0.4) is 0 Å². The van der Waals surface area contributed by atoms with Crippen LogP contribution in [-0.2, 0) is 0 Å². The minimum atomic E-state index is -1.02. The summed E-state index contributed by atoms with van der Waals surface area (Å²) in [4.78, 5) is 45.5. The molecule has 0 spiro atoms. The normalized spacial score (nSPS) is 11.3. The van der Waals surface area contributed by atoms with E-state index in [4.69, 9.17) is 15.2 Å². The maximum Gasteiger partial charge on any atom is 0.519 e. The van der Waals surface area contributed by atoms with Crippen LogP contribution in [0.25, 0.3) is 21.5 Å². The highest BCUT2D eigenvalue weighted by Gasteiger charge is 2.25. The number of nitrogens with two attached hydrogens (primary N) is 1. The highest BCUT2D eigenvalue weighted by Crippen LogP contribution is 2.40. The summed E-state index contributed by atoms with van der Waals surface area (Å²) in [6.45, 7) is 5.64. The van der Waals surface area contributed by atoms with E-state index in [9.17, 15) is 19.7 Å². The summed E-state index contributed by atoms with van der Waals surface area (Å²) in [5, 5.41) is 14.7. The zero-order valence-electron chi connectivity index (χ0n) is 20.8. The lowest BCUT2D eigenvalue weighted by Gasteiger charge is -2.20. The lowest BCUT2D eigenvalue weighted by Crippen LogP contribution is -2.40. The van der Waals surface area contributed by atoms with Gasteiger partial charge >= 0.3 is 6.16 Å². The average Bonchev–Trinajstić information content (AvgIpc) is 3.19. The number of nitro benzene ring substituents is 1. The van der Waals surface area contributed by atoms with Gasteiger partial charge in [-0.3, -0.25) is 14.9 Å². The number of amides is 1. The van der Waals surface area contributed by atoms with Crippen molar-refractivity contribution >= 4 is 56.8 Å². The molecule has 0 atom stereocenters. The number of benzene rings is 2. The molecule has 0 bridgehead atoms. The van der Waals surface area contributed by atoms with Gasteiger partial charge in [0.05, 0.1) is 21.7 Å². The Morgan fingerprint density at radius 2 is 1.76 bits per heavy atom. The SMILES string of the molecule is CSc1nc(-c2cccc(OC(=O)Oc3ccc([N+](=O)[O-])cc3)c2)c2c(N)c(C(=O)NC(C)(C)C)sc2n1. The molecule has 0 aliphatic heterocycles. The van der Waals surface area contributed by atoms with Crippen molar-refractivity contribution in [2.75, 3.05) is 12.0 Å². The molecule has 0 saturated heterocycles. The number of ether oxygens (including phenoxy) is 2. The maximum absolute atomic E-state index is 12.9. The van der Waals surface area contributed by atoms with Gasteiger partial charge in [-0.25, -0.2) is 14.8 Å². The minimum Gasteiger partial charge on any atom is -0.397 e. The topological polar surface area (TPSA) is 160 Å². The Kier molecular flexibility index (Phi) is 7.51. The first-order chi connectivity index (χ1) is 17.9. The summed E-state index contributed by atoms with van der Waals surface area (Å²) in [6, 6.07) is 11.6. The number of thiophene rings is 1. The molecule has 2 aromatic heterocycles. The Hall–Kier alpha value is -4.23. The van der Waals surface area contributed by atoms with Crippen molar-refractivity contribution in [2.45, 2.75) is 31.5 Å². The van der Waals surface area contributed by atoms with Crippen molar-refractivity contribution in [1.29, 1.82) is 0 Å². The largest absolute Gasteiger partial charge is 0.519 e. The van der Waals surface area contributed by atoms with Crippen LogP contribution in [0.2, 0.25) is 0 Å². The second-order valence-corrected chi connectivity index (χ2v) is 10.8. The summed E-state index contributed by atoms with van der Waals surface area (Å²) < 4.78 is 10.4. The van der Waals surface area contributed by atoms with Crippen LogP contribution in [0.5, 0.6) is 11.5 Å². The van der Waals surface area contributed by atoms with E-state index < -0.39 is 16.6 Å². The highest BCUT2D eigenvalue weighted by molar-refractivity contribution is 7.98. The Morgan fingerprint density at radius 3 is 2.39 bits per heavy atom. The van der Waals surface area contributed by atoms with Crippen LogP contribution in [-0.4, -0.2) is 38.7 Å². The molecule has 0 saturated carbocycles. The number of anilines is 1. The van der Waals surface area contributed by atoms with Gasteiger partial charge in [0.2, 0.25) is 0 Å². The van der Waals surface area contributed by atoms with Gasteiger partial charge in [-0.2, -0.15) is 0 Å². The fourth-order valence-corrected chi connectivity index (χ4v) is 4.84. The number of carbonyl (C=O) groups is 2. The van der Waals surface area contributed by atoms with Gasteiger partial charge in [0.1, 0.15) is 21.2 Å². The third-order valence-electron chi connectivity index (χ3n) is 5.00. The first kappa shape index (κ1) is 26.8. The van der Waals surface area contributed by atoms with E-state index in [-0.39, 0.29) is 28.8 Å². The summed E-state index contributed by atoms with van der Waals surface area (Å²) in [5.41, 5.74) is 7.18. The zero-order valence-corrected chi connectivity index (χ0v) is 22.4. The number of carbonyl (C=O) groups excluding carboxylic acids is 2. The summed E-state index contributed by atoms with van der Waals surface area (Å²) in [5.74, 6) is -0.0434. The minimum absolute atomic E-state index is 0.0889. The standard InChI is InChI=1S/C25H23N5O6S2/c1-25(2,3)29-21(31)20-18(26)17-19(27-23(37-4)28-22(17)38-20)13-6-5-7-16(12-13)36-24(32)35-15-10-8-14(9-11-15)30(33)34/h5-12H,26H2,1-4H3,(H,29,31). The quantitative estimate of drug-likeness (QED) is 0.0759. The van der Waals surface area contributed by atoms with E-state index >= 15 is 0 Å². The second kappa shape index (κ2) is 10.6. The molecular formula is C25H23N5O6S2. The average molecular weight is 554 g/mol. The number of aromatic nitrogens is 2. The highest BCUT2D eigenvalue weighted by atomic mass is 32.2. The molecule has 0 radical (unpaired) electrons. The van der Waals surface area contributed by atoms with Crippen LogP contribution in [0.1, 0.15) is 30.4 Å². The van der Waals surface area contributed by atoms with E-state index in [1.165, 1.54) is 47.4 Å². The molecule has 0 fully saturated rings. The fraction of sp³-hybridized carbons (Fsp3) is 0.200. The predicted octanol–water partition coefficient (Wildman–Crippen LogP) is 5.68. The van der Waals surface area contributed by atoms with Crippen molar-refractivity contribution in [2.24, 2.45) is 0 Å². The molecule has 4 rings (SSSR count). The van der Waals surface area contributed by atoms with Crippen molar-refractivity contribution in [3.05, 3.63) is 63.5 Å². The molecule has 13 heteroatoms. The van der Waals surface area contributed by atoms with Gasteiger partial charge in [0, 0.05) is 23.2 Å². The summed E-state index contributed by atoms with van der Waals surface area (Å²) >= 11 is 2.52. The smallest absolute Gasteiger partial charge is 0.397 e. The molecule has 1 amide bonds. The first-order valence-electron chi connectivity index (χ1n) is 11.2. The molecule has 0 aliphatic carbocycles. The van der Waals surface area contributed by atoms with Crippen molar-refractivity contribution in [1.82, 2.24) is 15.3 Å². The first-order valence-corrected chi connectivity index (χ1v) is 13.2. The van der Waals surface area contributed by atoms with Crippen LogP contribution >= 0.6 is 23.1 Å². The molecule has 196 valence electrons. The molecular weight excluding hydrogens is 530 g/mol. The Labute approximate surface area is 225 Å². The Balaban J connectivity index is 1.65. The lowest BCUT2D eigenvalue weighted by atomic mass is 10.1. The zero-order chi connectivity index (χ0) is 27.6. The van der Waals surface area contributed by atoms with Crippen LogP contribution in [0.4, 0.5) is 16.2 Å².